The maximum atomic E-state index is 12.5. The summed E-state index contributed by atoms with van der Waals surface area (Å²) < 4.78 is 0. The number of carboxylic acid groups (broad SMARTS) is 1. The van der Waals surface area contributed by atoms with E-state index in [0.29, 0.717) is 5.56 Å². The van der Waals surface area contributed by atoms with Crippen molar-refractivity contribution in [3.05, 3.63) is 29.8 Å². The lowest BCUT2D eigenvalue weighted by molar-refractivity contribution is -0.142. The molecule has 0 aromatic heterocycles. The first kappa shape index (κ1) is 22.4. The Hall–Kier alpha value is -2.65. The molecule has 7 N–H and O–H groups in total. The molecule has 1 aromatic carbocycles. The van der Waals surface area contributed by atoms with Crippen LogP contribution in [0, 0.1) is 5.92 Å². The zero-order valence-electron chi connectivity index (χ0n) is 15.5. The van der Waals surface area contributed by atoms with Gasteiger partial charge < -0.3 is 31.7 Å². The predicted molar refractivity (Wildman–Crippen MR) is 97.8 cm³/mol. The van der Waals surface area contributed by atoms with Crippen molar-refractivity contribution in [1.82, 2.24) is 10.6 Å². The lowest BCUT2D eigenvalue weighted by Crippen LogP contribution is -2.58. The highest BCUT2D eigenvalue weighted by atomic mass is 16.4. The minimum atomic E-state index is -1.23. The van der Waals surface area contributed by atoms with Gasteiger partial charge in [0.05, 0.1) is 6.10 Å². The first-order valence-corrected chi connectivity index (χ1v) is 8.58. The van der Waals surface area contributed by atoms with Crippen LogP contribution in [0.2, 0.25) is 0 Å². The van der Waals surface area contributed by atoms with E-state index in [1.807, 2.05) is 0 Å². The van der Waals surface area contributed by atoms with Crippen LogP contribution in [0.5, 0.6) is 5.75 Å². The van der Waals surface area contributed by atoms with Gasteiger partial charge in [-0.15, -0.1) is 0 Å². The molecule has 0 saturated heterocycles. The highest BCUT2D eigenvalue weighted by Crippen LogP contribution is 2.12. The number of nitrogens with one attached hydrogen (secondary N) is 2. The number of carbonyl (C=O) groups excluding carboxylic acids is 2. The Morgan fingerprint density at radius 1 is 1.04 bits per heavy atom. The molecule has 150 valence electrons. The molecular formula is C18H27N3O6. The van der Waals surface area contributed by atoms with Crippen molar-refractivity contribution in [2.75, 3.05) is 0 Å². The number of hydrogen-bond acceptors (Lipinski definition) is 6. The average Bonchev–Trinajstić information content (AvgIpc) is 2.59. The highest BCUT2D eigenvalue weighted by molar-refractivity contribution is 5.92. The van der Waals surface area contributed by atoms with E-state index in [9.17, 15) is 29.7 Å². The molecule has 0 aliphatic carbocycles. The zero-order chi connectivity index (χ0) is 20.7. The molecule has 4 atom stereocenters. The van der Waals surface area contributed by atoms with E-state index in [1.54, 1.807) is 26.0 Å². The molecule has 0 unspecified atom stereocenters. The van der Waals surface area contributed by atoms with Gasteiger partial charge >= 0.3 is 5.97 Å². The molecule has 0 bridgehead atoms. The summed E-state index contributed by atoms with van der Waals surface area (Å²) in [5.74, 6) is -2.89. The average molecular weight is 381 g/mol. The van der Waals surface area contributed by atoms with Gasteiger partial charge in [0.2, 0.25) is 11.8 Å². The van der Waals surface area contributed by atoms with Crippen molar-refractivity contribution >= 4 is 17.8 Å². The Balaban J connectivity index is 2.85. The minimum Gasteiger partial charge on any atom is -0.508 e. The predicted octanol–water partition coefficient (Wildman–Crippen LogP) is -0.647. The van der Waals surface area contributed by atoms with E-state index in [0.717, 1.165) is 0 Å². The van der Waals surface area contributed by atoms with E-state index in [4.69, 9.17) is 5.73 Å². The summed E-state index contributed by atoms with van der Waals surface area (Å²) in [6, 6.07) is 2.53. The van der Waals surface area contributed by atoms with Gasteiger partial charge in [-0.05, 0) is 30.5 Å². The first-order valence-electron chi connectivity index (χ1n) is 8.58. The lowest BCUT2D eigenvalue weighted by atomic mass is 10.0. The van der Waals surface area contributed by atoms with E-state index >= 15 is 0 Å². The van der Waals surface area contributed by atoms with E-state index < -0.39 is 42.0 Å². The third-order valence-corrected chi connectivity index (χ3v) is 4.06. The summed E-state index contributed by atoms with van der Waals surface area (Å²) in [5, 5.41) is 33.0. The fourth-order valence-electron chi connectivity index (χ4n) is 2.33. The maximum absolute atomic E-state index is 12.5. The smallest absolute Gasteiger partial charge is 0.326 e. The summed E-state index contributed by atoms with van der Waals surface area (Å²) in [5.41, 5.74) is 6.18. The maximum Gasteiger partial charge on any atom is 0.326 e. The van der Waals surface area contributed by atoms with Gasteiger partial charge in [0.15, 0.2) is 0 Å². The van der Waals surface area contributed by atoms with Crippen LogP contribution in [0.15, 0.2) is 24.3 Å². The summed E-state index contributed by atoms with van der Waals surface area (Å²) >= 11 is 0. The number of aliphatic carboxylic acids is 1. The van der Waals surface area contributed by atoms with Crippen molar-refractivity contribution in [3.8, 4) is 5.75 Å². The molecule has 2 amide bonds. The number of phenolic OH excluding ortho intramolecular Hbond substituents is 1. The Morgan fingerprint density at radius 2 is 1.59 bits per heavy atom. The molecule has 27 heavy (non-hydrogen) atoms. The second-order valence-electron chi connectivity index (χ2n) is 6.77. The van der Waals surface area contributed by atoms with Gasteiger partial charge in [-0.1, -0.05) is 26.0 Å². The van der Waals surface area contributed by atoms with Crippen LogP contribution in [0.4, 0.5) is 0 Å². The number of phenols is 1. The van der Waals surface area contributed by atoms with Crippen LogP contribution < -0.4 is 16.4 Å². The second kappa shape index (κ2) is 9.89. The molecular weight excluding hydrogens is 354 g/mol. The van der Waals surface area contributed by atoms with Gasteiger partial charge in [-0.3, -0.25) is 9.59 Å². The van der Waals surface area contributed by atoms with Crippen LogP contribution in [0.1, 0.15) is 26.3 Å². The molecule has 1 rings (SSSR count). The van der Waals surface area contributed by atoms with Crippen LogP contribution in [-0.2, 0) is 20.8 Å². The van der Waals surface area contributed by atoms with Gasteiger partial charge in [-0.2, -0.15) is 0 Å². The van der Waals surface area contributed by atoms with Crippen molar-refractivity contribution in [2.24, 2.45) is 11.7 Å². The van der Waals surface area contributed by atoms with Crippen molar-refractivity contribution in [1.29, 1.82) is 0 Å². The van der Waals surface area contributed by atoms with Crippen LogP contribution in [0.25, 0.3) is 0 Å². The topological polar surface area (TPSA) is 162 Å². The number of hydrogen-bond donors (Lipinski definition) is 6. The minimum absolute atomic E-state index is 0.00725. The first-order chi connectivity index (χ1) is 12.5. The van der Waals surface area contributed by atoms with Gasteiger partial charge in [0.1, 0.15) is 23.9 Å². The number of benzene rings is 1. The summed E-state index contributed by atoms with van der Waals surface area (Å²) in [4.78, 5) is 36.1. The number of nitrogens with two attached hydrogens (primary N) is 1. The van der Waals surface area contributed by atoms with Gasteiger partial charge in [-0.25, -0.2) is 4.79 Å². The number of amides is 2. The summed E-state index contributed by atoms with van der Waals surface area (Å²) in [6.45, 7) is 4.73. The molecule has 9 nitrogen and oxygen atoms in total. The largest absolute Gasteiger partial charge is 0.508 e. The Kier molecular flexibility index (Phi) is 8.20. The summed E-state index contributed by atoms with van der Waals surface area (Å²) in [7, 11) is 0. The Labute approximate surface area is 157 Å². The fraction of sp³-hybridized carbons (Fsp3) is 0.500. The van der Waals surface area contributed by atoms with Gasteiger partial charge in [0.25, 0.3) is 0 Å². The molecule has 1 aromatic rings. The van der Waals surface area contributed by atoms with E-state index in [2.05, 4.69) is 10.6 Å². The number of carbonyl (C=O) groups is 3. The molecule has 0 saturated carbocycles. The van der Waals surface area contributed by atoms with E-state index in [1.165, 1.54) is 19.1 Å². The number of aromatic hydroxyl groups is 1. The van der Waals surface area contributed by atoms with Crippen molar-refractivity contribution < 1.29 is 29.7 Å². The second-order valence-corrected chi connectivity index (χ2v) is 6.77. The number of rotatable bonds is 9. The molecule has 0 radical (unpaired) electrons. The molecule has 0 aliphatic rings. The third-order valence-electron chi connectivity index (χ3n) is 4.06. The Morgan fingerprint density at radius 3 is 2.04 bits per heavy atom. The molecule has 0 spiro atoms. The van der Waals surface area contributed by atoms with Crippen LogP contribution in [-0.4, -0.2) is 57.3 Å². The van der Waals surface area contributed by atoms with Gasteiger partial charge in [0, 0.05) is 6.42 Å². The summed E-state index contributed by atoms with van der Waals surface area (Å²) in [6.07, 6.45) is -1.09. The quantitative estimate of drug-likeness (QED) is 0.331. The monoisotopic (exact) mass is 381 g/mol. The van der Waals surface area contributed by atoms with E-state index in [-0.39, 0.29) is 18.1 Å². The number of carboxylic acids is 1. The highest BCUT2D eigenvalue weighted by Gasteiger charge is 2.30. The van der Waals surface area contributed by atoms with Crippen molar-refractivity contribution in [2.45, 2.75) is 51.4 Å². The molecule has 0 aliphatic heterocycles. The van der Waals surface area contributed by atoms with Crippen LogP contribution in [0.3, 0.4) is 0 Å². The van der Waals surface area contributed by atoms with Crippen molar-refractivity contribution in [3.63, 3.8) is 0 Å². The number of aliphatic hydroxyl groups is 1. The fourth-order valence-corrected chi connectivity index (χ4v) is 2.33. The SMILES string of the molecule is CC(C)[C@H](NC(=O)[C@@H](N)[C@@H](C)O)C(=O)N[C@@H](Cc1ccc(O)cc1)C(=O)O. The molecule has 9 heteroatoms. The molecule has 0 heterocycles. The lowest BCUT2D eigenvalue weighted by Gasteiger charge is -2.26. The normalized spacial score (nSPS) is 15.5. The Bertz CT molecular complexity index is 660. The standard InChI is InChI=1S/C18H27N3O6/c1-9(2)15(21-16(24)14(19)10(3)22)17(25)20-13(18(26)27)8-11-4-6-12(23)7-5-11/h4-7,9-10,13-15,22-23H,8,19H2,1-3H3,(H,20,25)(H,21,24)(H,26,27)/t10-,13+,14+,15+/m1/s1. The third kappa shape index (κ3) is 6.87. The number of aliphatic hydroxyl groups excluding tert-OH is 1. The van der Waals surface area contributed by atoms with Crippen LogP contribution >= 0.6 is 0 Å². The molecule has 0 fully saturated rings. The zero-order valence-corrected chi connectivity index (χ0v) is 15.5.